The smallest absolute Gasteiger partial charge is 0.227 e. The lowest BCUT2D eigenvalue weighted by Crippen LogP contribution is -2.46. The zero-order chi connectivity index (χ0) is 19.3. The van der Waals surface area contributed by atoms with Crippen LogP contribution in [0.25, 0.3) is 10.9 Å². The lowest BCUT2D eigenvalue weighted by molar-refractivity contribution is 0.249. The topological polar surface area (TPSA) is 44.3 Å². The van der Waals surface area contributed by atoms with Gasteiger partial charge in [0.15, 0.2) is 0 Å². The van der Waals surface area contributed by atoms with E-state index in [0.717, 1.165) is 73.4 Å². The monoisotopic (exact) mass is 395 g/mol. The first-order valence-electron chi connectivity index (χ1n) is 9.96. The molecule has 0 spiro atoms. The highest BCUT2D eigenvalue weighted by Gasteiger charge is 2.21. The van der Waals surface area contributed by atoms with E-state index < -0.39 is 0 Å². The molecule has 5 nitrogen and oxygen atoms in total. The molecule has 0 amide bonds. The average molecular weight is 396 g/mol. The van der Waals surface area contributed by atoms with Gasteiger partial charge in [-0.2, -0.15) is 4.98 Å². The molecule has 1 saturated heterocycles. The summed E-state index contributed by atoms with van der Waals surface area (Å²) in [6, 6.07) is 16.3. The van der Waals surface area contributed by atoms with E-state index in [2.05, 4.69) is 40.2 Å². The summed E-state index contributed by atoms with van der Waals surface area (Å²) in [6.45, 7) is 7.72. The van der Waals surface area contributed by atoms with Crippen LogP contribution in [0, 0.1) is 0 Å². The Morgan fingerprint density at radius 1 is 0.964 bits per heavy atom. The Balaban J connectivity index is 1.48. The summed E-state index contributed by atoms with van der Waals surface area (Å²) in [5, 5.41) is 5.38. The molecule has 2 heterocycles. The predicted octanol–water partition coefficient (Wildman–Crippen LogP) is 4.43. The minimum atomic E-state index is 0.815. The van der Waals surface area contributed by atoms with Crippen molar-refractivity contribution < 1.29 is 0 Å². The van der Waals surface area contributed by atoms with Gasteiger partial charge in [-0.3, -0.25) is 4.90 Å². The van der Waals surface area contributed by atoms with Gasteiger partial charge < -0.3 is 10.2 Å². The highest BCUT2D eigenvalue weighted by molar-refractivity contribution is 6.31. The Kier molecular flexibility index (Phi) is 5.93. The molecule has 4 rings (SSSR count). The molecule has 0 radical (unpaired) electrons. The van der Waals surface area contributed by atoms with Gasteiger partial charge >= 0.3 is 0 Å². The number of nitrogens with one attached hydrogen (secondary N) is 1. The van der Waals surface area contributed by atoms with E-state index in [4.69, 9.17) is 21.6 Å². The van der Waals surface area contributed by atoms with Crippen molar-refractivity contribution in [3.8, 4) is 0 Å². The van der Waals surface area contributed by atoms with Crippen LogP contribution in [0.1, 0.15) is 18.9 Å². The van der Waals surface area contributed by atoms with Crippen LogP contribution in [0.15, 0.2) is 48.5 Å². The molecule has 1 aromatic heterocycles. The van der Waals surface area contributed by atoms with Gasteiger partial charge in [0, 0.05) is 49.7 Å². The molecule has 3 aromatic rings. The lowest BCUT2D eigenvalue weighted by Gasteiger charge is -2.35. The van der Waals surface area contributed by atoms with Crippen molar-refractivity contribution in [3.05, 3.63) is 59.1 Å². The molecule has 6 heteroatoms. The first kappa shape index (κ1) is 19.0. The van der Waals surface area contributed by atoms with Gasteiger partial charge in [-0.15, -0.1) is 0 Å². The van der Waals surface area contributed by atoms with Crippen molar-refractivity contribution in [1.29, 1.82) is 0 Å². The highest BCUT2D eigenvalue weighted by Crippen LogP contribution is 2.25. The van der Waals surface area contributed by atoms with Gasteiger partial charge in [0.05, 0.1) is 5.52 Å². The number of piperazine rings is 1. The summed E-state index contributed by atoms with van der Waals surface area (Å²) in [6.07, 6.45) is 1.06. The van der Waals surface area contributed by atoms with E-state index in [9.17, 15) is 0 Å². The molecule has 0 atom stereocenters. The van der Waals surface area contributed by atoms with Gasteiger partial charge in [0.2, 0.25) is 5.95 Å². The maximum atomic E-state index is 6.32. The van der Waals surface area contributed by atoms with Crippen LogP contribution >= 0.6 is 11.6 Å². The molecule has 1 fully saturated rings. The summed E-state index contributed by atoms with van der Waals surface area (Å²) >= 11 is 6.32. The van der Waals surface area contributed by atoms with Crippen molar-refractivity contribution in [2.24, 2.45) is 0 Å². The first-order valence-corrected chi connectivity index (χ1v) is 10.3. The number of halogens is 1. The second-order valence-electron chi connectivity index (χ2n) is 7.17. The number of hydrogen-bond acceptors (Lipinski definition) is 5. The van der Waals surface area contributed by atoms with E-state index in [1.54, 1.807) is 0 Å². The van der Waals surface area contributed by atoms with Crippen LogP contribution in [0.2, 0.25) is 5.02 Å². The zero-order valence-corrected chi connectivity index (χ0v) is 17.0. The molecule has 1 aliphatic rings. The number of anilines is 2. The predicted molar refractivity (Wildman–Crippen MR) is 117 cm³/mol. The summed E-state index contributed by atoms with van der Waals surface area (Å²) < 4.78 is 0. The number of nitrogens with zero attached hydrogens (tertiary/aromatic N) is 4. The Morgan fingerprint density at radius 3 is 2.50 bits per heavy atom. The van der Waals surface area contributed by atoms with Crippen LogP contribution in [0.5, 0.6) is 0 Å². The van der Waals surface area contributed by atoms with Crippen molar-refractivity contribution in [1.82, 2.24) is 14.9 Å². The molecular weight excluding hydrogens is 370 g/mol. The van der Waals surface area contributed by atoms with Crippen LogP contribution < -0.4 is 10.2 Å². The number of aromatic nitrogens is 2. The Bertz CT molecular complexity index is 937. The van der Waals surface area contributed by atoms with E-state index in [1.807, 2.05) is 30.3 Å². The average Bonchev–Trinajstić information content (AvgIpc) is 2.74. The third-order valence-electron chi connectivity index (χ3n) is 5.14. The molecule has 2 aromatic carbocycles. The molecule has 0 unspecified atom stereocenters. The first-order chi connectivity index (χ1) is 13.7. The van der Waals surface area contributed by atoms with Crippen molar-refractivity contribution in [2.45, 2.75) is 19.9 Å². The number of para-hydroxylation sites is 1. The van der Waals surface area contributed by atoms with Crippen LogP contribution in [0.3, 0.4) is 0 Å². The molecule has 1 aliphatic heterocycles. The van der Waals surface area contributed by atoms with E-state index in [-0.39, 0.29) is 0 Å². The molecule has 0 aliphatic carbocycles. The molecular formula is C22H26ClN5. The number of benzene rings is 2. The summed E-state index contributed by atoms with van der Waals surface area (Å²) in [7, 11) is 0. The molecule has 1 N–H and O–H groups in total. The summed E-state index contributed by atoms with van der Waals surface area (Å²) in [5.74, 6) is 1.75. The van der Waals surface area contributed by atoms with Crippen molar-refractivity contribution in [2.75, 3.05) is 42.9 Å². The highest BCUT2D eigenvalue weighted by atomic mass is 35.5. The van der Waals surface area contributed by atoms with Gasteiger partial charge in [0.25, 0.3) is 0 Å². The normalized spacial score (nSPS) is 15.1. The quantitative estimate of drug-likeness (QED) is 0.669. The van der Waals surface area contributed by atoms with Crippen molar-refractivity contribution >= 4 is 34.3 Å². The van der Waals surface area contributed by atoms with Crippen LogP contribution in [0.4, 0.5) is 11.8 Å². The van der Waals surface area contributed by atoms with Gasteiger partial charge in [0.1, 0.15) is 5.82 Å². The number of hydrogen-bond donors (Lipinski definition) is 1. The van der Waals surface area contributed by atoms with E-state index in [0.29, 0.717) is 0 Å². The van der Waals surface area contributed by atoms with Gasteiger partial charge in [-0.1, -0.05) is 48.9 Å². The molecule has 146 valence electrons. The fourth-order valence-corrected chi connectivity index (χ4v) is 3.75. The Labute approximate surface area is 171 Å². The second kappa shape index (κ2) is 8.76. The molecule has 28 heavy (non-hydrogen) atoms. The Hall–Kier alpha value is -2.37. The number of fused-ring (bicyclic) bond motifs is 1. The fourth-order valence-electron chi connectivity index (χ4n) is 3.56. The molecule has 0 saturated carbocycles. The lowest BCUT2D eigenvalue weighted by atomic mass is 10.2. The third-order valence-corrected chi connectivity index (χ3v) is 5.51. The van der Waals surface area contributed by atoms with Crippen LogP contribution in [-0.4, -0.2) is 47.6 Å². The Morgan fingerprint density at radius 2 is 1.71 bits per heavy atom. The van der Waals surface area contributed by atoms with Gasteiger partial charge in [-0.05, 0) is 30.2 Å². The third kappa shape index (κ3) is 4.21. The maximum absolute atomic E-state index is 6.32. The fraction of sp³-hybridized carbons (Fsp3) is 0.364. The zero-order valence-electron chi connectivity index (χ0n) is 16.2. The SMILES string of the molecule is CCCNc1nc(N2CCN(Cc3ccccc3Cl)CC2)nc2ccccc12. The largest absolute Gasteiger partial charge is 0.369 e. The summed E-state index contributed by atoms with van der Waals surface area (Å²) in [4.78, 5) is 14.4. The van der Waals surface area contributed by atoms with Crippen LogP contribution in [-0.2, 0) is 6.54 Å². The summed E-state index contributed by atoms with van der Waals surface area (Å²) in [5.41, 5.74) is 2.18. The number of rotatable bonds is 6. The molecule has 0 bridgehead atoms. The minimum Gasteiger partial charge on any atom is -0.369 e. The second-order valence-corrected chi connectivity index (χ2v) is 7.58. The van der Waals surface area contributed by atoms with E-state index in [1.165, 1.54) is 5.56 Å². The standard InChI is InChI=1S/C22H26ClN5/c1-2-11-24-21-18-8-4-6-10-20(18)25-22(26-21)28-14-12-27(13-15-28)16-17-7-3-5-9-19(17)23/h3-10H,2,11-16H2,1H3,(H,24,25,26). The van der Waals surface area contributed by atoms with Crippen molar-refractivity contribution in [3.63, 3.8) is 0 Å². The maximum Gasteiger partial charge on any atom is 0.227 e. The van der Waals surface area contributed by atoms with E-state index >= 15 is 0 Å². The minimum absolute atomic E-state index is 0.815. The van der Waals surface area contributed by atoms with Gasteiger partial charge in [-0.25, -0.2) is 4.98 Å².